The second kappa shape index (κ2) is 5.78. The molecular formula is C12H16BrN3S. The van der Waals surface area contributed by atoms with E-state index in [0.29, 0.717) is 4.83 Å². The molecular weight excluding hydrogens is 298 g/mol. The van der Waals surface area contributed by atoms with Crippen LogP contribution < -0.4 is 0 Å². The number of aromatic nitrogens is 3. The van der Waals surface area contributed by atoms with Crippen molar-refractivity contribution in [2.24, 2.45) is 0 Å². The van der Waals surface area contributed by atoms with E-state index in [1.807, 2.05) is 22.2 Å². The van der Waals surface area contributed by atoms with Crippen molar-refractivity contribution in [3.63, 3.8) is 0 Å². The summed E-state index contributed by atoms with van der Waals surface area (Å²) in [5.41, 5.74) is 1.01. The first-order valence-corrected chi connectivity index (χ1v) is 7.57. The number of halogens is 1. The van der Waals surface area contributed by atoms with E-state index in [-0.39, 0.29) is 0 Å². The molecule has 1 unspecified atom stereocenters. The Morgan fingerprint density at radius 1 is 1.35 bits per heavy atom. The van der Waals surface area contributed by atoms with Crippen molar-refractivity contribution in [3.05, 3.63) is 33.8 Å². The van der Waals surface area contributed by atoms with Gasteiger partial charge in [-0.25, -0.2) is 4.68 Å². The van der Waals surface area contributed by atoms with Gasteiger partial charge in [0, 0.05) is 16.0 Å². The number of rotatable bonds is 5. The molecule has 3 nitrogen and oxygen atoms in total. The first-order chi connectivity index (χ1) is 8.22. The van der Waals surface area contributed by atoms with Crippen LogP contribution in [0.4, 0.5) is 0 Å². The summed E-state index contributed by atoms with van der Waals surface area (Å²) >= 11 is 5.44. The van der Waals surface area contributed by atoms with E-state index in [1.54, 1.807) is 0 Å². The van der Waals surface area contributed by atoms with Crippen LogP contribution in [-0.4, -0.2) is 15.0 Å². The highest BCUT2D eigenvalue weighted by Gasteiger charge is 2.10. The Balaban J connectivity index is 2.06. The summed E-state index contributed by atoms with van der Waals surface area (Å²) in [4.78, 5) is 3.07. The van der Waals surface area contributed by atoms with E-state index in [0.717, 1.165) is 25.1 Å². The van der Waals surface area contributed by atoms with Crippen molar-refractivity contribution in [1.29, 1.82) is 0 Å². The predicted octanol–water partition coefficient (Wildman–Crippen LogP) is 3.80. The smallest absolute Gasteiger partial charge is 0.0963 e. The number of alkyl halides is 1. The molecule has 0 N–H and O–H groups in total. The van der Waals surface area contributed by atoms with Crippen LogP contribution in [0.3, 0.4) is 0 Å². The third kappa shape index (κ3) is 3.16. The fourth-order valence-electron chi connectivity index (χ4n) is 1.60. The normalized spacial score (nSPS) is 12.9. The van der Waals surface area contributed by atoms with Crippen LogP contribution in [0.1, 0.15) is 40.5 Å². The van der Waals surface area contributed by atoms with Gasteiger partial charge in [0.2, 0.25) is 0 Å². The van der Waals surface area contributed by atoms with E-state index in [1.165, 1.54) is 9.75 Å². The summed E-state index contributed by atoms with van der Waals surface area (Å²) in [6, 6.07) is 4.37. The Bertz CT molecular complexity index is 478. The quantitative estimate of drug-likeness (QED) is 0.786. The molecule has 92 valence electrons. The fraction of sp³-hybridized carbons (Fsp3) is 0.500. The average molecular weight is 314 g/mol. The number of hydrogen-bond donors (Lipinski definition) is 0. The lowest BCUT2D eigenvalue weighted by atomic mass is 10.3. The molecule has 0 saturated carbocycles. The summed E-state index contributed by atoms with van der Waals surface area (Å²) in [6.45, 7) is 5.13. The van der Waals surface area contributed by atoms with Gasteiger partial charge in [-0.3, -0.25) is 0 Å². The zero-order valence-electron chi connectivity index (χ0n) is 10.1. The lowest BCUT2D eigenvalue weighted by molar-refractivity contribution is 0.655. The first-order valence-electron chi connectivity index (χ1n) is 5.84. The van der Waals surface area contributed by atoms with Crippen LogP contribution >= 0.6 is 27.3 Å². The van der Waals surface area contributed by atoms with Gasteiger partial charge >= 0.3 is 0 Å². The van der Waals surface area contributed by atoms with Crippen molar-refractivity contribution < 1.29 is 0 Å². The van der Waals surface area contributed by atoms with Crippen molar-refractivity contribution in [3.8, 4) is 0 Å². The summed E-state index contributed by atoms with van der Waals surface area (Å²) in [7, 11) is 0. The second-order valence-corrected chi connectivity index (χ2v) is 6.30. The maximum absolute atomic E-state index is 4.18. The molecule has 0 aliphatic heterocycles. The minimum atomic E-state index is 0.311. The molecule has 0 aliphatic carbocycles. The Kier molecular flexibility index (Phi) is 4.34. The molecule has 0 saturated heterocycles. The lowest BCUT2D eigenvalue weighted by Crippen LogP contribution is -1.98. The Morgan fingerprint density at radius 3 is 2.76 bits per heavy atom. The van der Waals surface area contributed by atoms with Crippen molar-refractivity contribution in [1.82, 2.24) is 15.0 Å². The Morgan fingerprint density at radius 2 is 2.12 bits per heavy atom. The van der Waals surface area contributed by atoms with Gasteiger partial charge in [0.05, 0.1) is 17.1 Å². The number of nitrogens with zero attached hydrogens (tertiary/aromatic N) is 3. The van der Waals surface area contributed by atoms with Gasteiger partial charge in [-0.1, -0.05) is 35.0 Å². The third-order valence-electron chi connectivity index (χ3n) is 2.62. The Labute approximate surface area is 114 Å². The zero-order valence-corrected chi connectivity index (χ0v) is 12.5. The molecule has 0 aromatic carbocycles. The molecule has 5 heteroatoms. The van der Waals surface area contributed by atoms with Crippen LogP contribution in [0.25, 0.3) is 0 Å². The third-order valence-corrected chi connectivity index (χ3v) is 4.95. The first kappa shape index (κ1) is 12.8. The van der Waals surface area contributed by atoms with Crippen LogP contribution in [0.5, 0.6) is 0 Å². The molecule has 2 aromatic heterocycles. The standard InChI is InChI=1S/C12H16BrN3S/c1-3-9-5-6-10(17-9)7-16-8-12(14-15-16)11(13)4-2/h5-6,8,11H,3-4,7H2,1-2H3. The van der Waals surface area contributed by atoms with E-state index in [9.17, 15) is 0 Å². The molecule has 0 radical (unpaired) electrons. The van der Waals surface area contributed by atoms with Crippen LogP contribution in [0.2, 0.25) is 0 Å². The minimum absolute atomic E-state index is 0.311. The van der Waals surface area contributed by atoms with Crippen LogP contribution in [-0.2, 0) is 13.0 Å². The number of hydrogen-bond acceptors (Lipinski definition) is 3. The second-order valence-electron chi connectivity index (χ2n) is 3.94. The molecule has 0 fully saturated rings. The van der Waals surface area contributed by atoms with Crippen LogP contribution in [0.15, 0.2) is 18.3 Å². The van der Waals surface area contributed by atoms with Crippen molar-refractivity contribution in [2.75, 3.05) is 0 Å². The van der Waals surface area contributed by atoms with Crippen molar-refractivity contribution >= 4 is 27.3 Å². The zero-order chi connectivity index (χ0) is 12.3. The summed E-state index contributed by atoms with van der Waals surface area (Å²) in [5.74, 6) is 0. The summed E-state index contributed by atoms with van der Waals surface area (Å²) in [5, 5.41) is 8.34. The van der Waals surface area contributed by atoms with Gasteiger partial charge in [0.15, 0.2) is 0 Å². The number of aryl methyl sites for hydroxylation is 1. The monoisotopic (exact) mass is 313 g/mol. The summed E-state index contributed by atoms with van der Waals surface area (Å²) in [6.07, 6.45) is 4.15. The SMILES string of the molecule is CCc1ccc(Cn2cc(C(Br)CC)nn2)s1. The highest BCUT2D eigenvalue weighted by atomic mass is 79.9. The summed E-state index contributed by atoms with van der Waals surface area (Å²) < 4.78 is 1.91. The molecule has 2 rings (SSSR count). The molecule has 1 atom stereocenters. The molecule has 2 aromatic rings. The van der Waals surface area contributed by atoms with Gasteiger partial charge in [-0.05, 0) is 25.0 Å². The Hall–Kier alpha value is -0.680. The average Bonchev–Trinajstić information content (AvgIpc) is 2.97. The van der Waals surface area contributed by atoms with Gasteiger partial charge in [-0.2, -0.15) is 0 Å². The predicted molar refractivity (Wildman–Crippen MR) is 74.8 cm³/mol. The van der Waals surface area contributed by atoms with Crippen molar-refractivity contribution in [2.45, 2.75) is 38.1 Å². The molecule has 2 heterocycles. The van der Waals surface area contributed by atoms with Gasteiger partial charge in [0.25, 0.3) is 0 Å². The number of thiophene rings is 1. The topological polar surface area (TPSA) is 30.7 Å². The van der Waals surface area contributed by atoms with Crippen LogP contribution in [0, 0.1) is 0 Å². The molecule has 0 spiro atoms. The molecule has 0 bridgehead atoms. The molecule has 17 heavy (non-hydrogen) atoms. The molecule has 0 aliphatic rings. The maximum Gasteiger partial charge on any atom is 0.0963 e. The molecule has 0 amide bonds. The van der Waals surface area contributed by atoms with E-state index >= 15 is 0 Å². The fourth-order valence-corrected chi connectivity index (χ4v) is 2.76. The van der Waals surface area contributed by atoms with Gasteiger partial charge in [0.1, 0.15) is 0 Å². The lowest BCUT2D eigenvalue weighted by Gasteiger charge is -1.99. The van der Waals surface area contributed by atoms with Gasteiger partial charge < -0.3 is 0 Å². The van der Waals surface area contributed by atoms with E-state index in [2.05, 4.69) is 52.2 Å². The highest BCUT2D eigenvalue weighted by molar-refractivity contribution is 9.09. The van der Waals surface area contributed by atoms with E-state index < -0.39 is 0 Å². The van der Waals surface area contributed by atoms with Gasteiger partial charge in [-0.15, -0.1) is 16.4 Å². The largest absolute Gasteiger partial charge is 0.247 e. The highest BCUT2D eigenvalue weighted by Crippen LogP contribution is 2.24. The maximum atomic E-state index is 4.18. The minimum Gasteiger partial charge on any atom is -0.247 e. The van der Waals surface area contributed by atoms with E-state index in [4.69, 9.17) is 0 Å².